The molecule has 2 aromatic rings. The Morgan fingerprint density at radius 2 is 2.12 bits per heavy atom. The number of morpholine rings is 1. The molecule has 1 aliphatic rings. The lowest BCUT2D eigenvalue weighted by Gasteiger charge is -2.35. The van der Waals surface area contributed by atoms with Crippen molar-refractivity contribution in [1.82, 2.24) is 25.0 Å². The van der Waals surface area contributed by atoms with Gasteiger partial charge in [-0.1, -0.05) is 10.3 Å². The standard InChI is InChI=1S/C14H18F3N5O2/c1-9-13(10(2)22(19-9)8-14(15,16)17)12-7-23-4-3-21(12)6-11-5-18-24-20-11/h5,12H,3-4,6-8H2,1-2H3. The number of hydrogen-bond donors (Lipinski definition) is 0. The summed E-state index contributed by atoms with van der Waals surface area (Å²) in [5, 5.41) is 11.4. The summed E-state index contributed by atoms with van der Waals surface area (Å²) < 4.78 is 49.3. The van der Waals surface area contributed by atoms with Crippen LogP contribution in [0.5, 0.6) is 0 Å². The molecule has 132 valence electrons. The summed E-state index contributed by atoms with van der Waals surface area (Å²) in [6, 6.07) is -0.183. The number of rotatable bonds is 4. The second-order valence-electron chi connectivity index (χ2n) is 5.82. The predicted molar refractivity (Wildman–Crippen MR) is 76.0 cm³/mol. The highest BCUT2D eigenvalue weighted by Gasteiger charge is 2.34. The first-order valence-electron chi connectivity index (χ1n) is 7.54. The van der Waals surface area contributed by atoms with Gasteiger partial charge in [-0.15, -0.1) is 0 Å². The lowest BCUT2D eigenvalue weighted by Crippen LogP contribution is -2.39. The minimum absolute atomic E-state index is 0.183. The number of aryl methyl sites for hydroxylation is 1. The third-order valence-corrected chi connectivity index (χ3v) is 4.11. The minimum atomic E-state index is -4.31. The first-order valence-corrected chi connectivity index (χ1v) is 7.54. The molecular formula is C14H18F3N5O2. The van der Waals surface area contributed by atoms with E-state index in [2.05, 4.69) is 24.9 Å². The Labute approximate surface area is 136 Å². The number of nitrogens with zero attached hydrogens (tertiary/aromatic N) is 5. The largest absolute Gasteiger partial charge is 0.408 e. The van der Waals surface area contributed by atoms with Crippen molar-refractivity contribution in [2.75, 3.05) is 19.8 Å². The molecular weight excluding hydrogens is 327 g/mol. The average molecular weight is 345 g/mol. The maximum Gasteiger partial charge on any atom is 0.408 e. The molecule has 0 bridgehead atoms. The van der Waals surface area contributed by atoms with Gasteiger partial charge >= 0.3 is 6.18 Å². The molecule has 0 saturated carbocycles. The lowest BCUT2D eigenvalue weighted by molar-refractivity contribution is -0.143. The number of hydrogen-bond acceptors (Lipinski definition) is 6. The third kappa shape index (κ3) is 3.59. The van der Waals surface area contributed by atoms with Crippen molar-refractivity contribution in [1.29, 1.82) is 0 Å². The Hall–Kier alpha value is -1.94. The van der Waals surface area contributed by atoms with Crippen LogP contribution in [0, 0.1) is 13.8 Å². The summed E-state index contributed by atoms with van der Waals surface area (Å²) in [4.78, 5) is 2.10. The topological polar surface area (TPSA) is 69.2 Å². The molecule has 1 fully saturated rings. The first kappa shape index (κ1) is 16.9. The van der Waals surface area contributed by atoms with E-state index in [1.54, 1.807) is 13.8 Å². The van der Waals surface area contributed by atoms with Crippen LogP contribution in [0.1, 0.15) is 28.7 Å². The van der Waals surface area contributed by atoms with E-state index in [4.69, 9.17) is 4.74 Å². The van der Waals surface area contributed by atoms with E-state index in [0.29, 0.717) is 43.4 Å². The zero-order chi connectivity index (χ0) is 17.3. The predicted octanol–water partition coefficient (Wildman–Crippen LogP) is 2.02. The number of alkyl halides is 3. The van der Waals surface area contributed by atoms with Gasteiger partial charge in [-0.2, -0.15) is 18.3 Å². The van der Waals surface area contributed by atoms with Crippen LogP contribution >= 0.6 is 0 Å². The van der Waals surface area contributed by atoms with Gasteiger partial charge in [0.25, 0.3) is 0 Å². The van der Waals surface area contributed by atoms with E-state index in [1.807, 2.05) is 0 Å². The van der Waals surface area contributed by atoms with Gasteiger partial charge in [-0.05, 0) is 13.8 Å². The van der Waals surface area contributed by atoms with Crippen LogP contribution < -0.4 is 0 Å². The summed E-state index contributed by atoms with van der Waals surface area (Å²) in [6.07, 6.45) is -2.78. The van der Waals surface area contributed by atoms with E-state index < -0.39 is 12.7 Å². The zero-order valence-electron chi connectivity index (χ0n) is 13.4. The third-order valence-electron chi connectivity index (χ3n) is 4.11. The summed E-state index contributed by atoms with van der Waals surface area (Å²) in [7, 11) is 0. The van der Waals surface area contributed by atoms with Crippen molar-refractivity contribution in [3.8, 4) is 0 Å². The number of ether oxygens (including phenoxy) is 1. The van der Waals surface area contributed by atoms with E-state index in [-0.39, 0.29) is 6.04 Å². The van der Waals surface area contributed by atoms with Crippen molar-refractivity contribution in [3.05, 3.63) is 28.8 Å². The highest BCUT2D eigenvalue weighted by molar-refractivity contribution is 5.29. The molecule has 10 heteroatoms. The van der Waals surface area contributed by atoms with Crippen molar-refractivity contribution in [2.45, 2.75) is 39.2 Å². The Balaban J connectivity index is 1.87. The molecule has 1 atom stereocenters. The summed E-state index contributed by atoms with van der Waals surface area (Å²) in [5.74, 6) is 0. The van der Waals surface area contributed by atoms with Gasteiger partial charge < -0.3 is 4.74 Å². The van der Waals surface area contributed by atoms with Gasteiger partial charge in [-0.3, -0.25) is 9.58 Å². The average Bonchev–Trinajstić information content (AvgIpc) is 3.08. The Morgan fingerprint density at radius 1 is 1.33 bits per heavy atom. The van der Waals surface area contributed by atoms with Crippen LogP contribution in [0.2, 0.25) is 0 Å². The van der Waals surface area contributed by atoms with Gasteiger partial charge in [-0.25, -0.2) is 4.63 Å². The summed E-state index contributed by atoms with van der Waals surface area (Å²) >= 11 is 0. The van der Waals surface area contributed by atoms with E-state index in [1.165, 1.54) is 6.20 Å². The molecule has 0 spiro atoms. The van der Waals surface area contributed by atoms with E-state index >= 15 is 0 Å². The molecule has 0 amide bonds. The lowest BCUT2D eigenvalue weighted by atomic mass is 10.0. The maximum atomic E-state index is 12.7. The Morgan fingerprint density at radius 3 is 2.79 bits per heavy atom. The van der Waals surface area contributed by atoms with Crippen LogP contribution in [-0.4, -0.2) is 50.9 Å². The second-order valence-corrected chi connectivity index (χ2v) is 5.82. The molecule has 2 aromatic heterocycles. The van der Waals surface area contributed by atoms with Crippen molar-refractivity contribution < 1.29 is 22.5 Å². The highest BCUT2D eigenvalue weighted by Crippen LogP contribution is 2.31. The number of aromatic nitrogens is 4. The molecule has 24 heavy (non-hydrogen) atoms. The van der Waals surface area contributed by atoms with Gasteiger partial charge in [0.15, 0.2) is 0 Å². The van der Waals surface area contributed by atoms with Crippen LogP contribution in [0.4, 0.5) is 13.2 Å². The normalized spacial score (nSPS) is 19.8. The number of halogens is 3. The van der Waals surface area contributed by atoms with Gasteiger partial charge in [0.05, 0.1) is 31.1 Å². The Kier molecular flexibility index (Phi) is 4.59. The van der Waals surface area contributed by atoms with Crippen molar-refractivity contribution in [3.63, 3.8) is 0 Å². The Bertz CT molecular complexity index is 683. The van der Waals surface area contributed by atoms with Crippen LogP contribution in [0.25, 0.3) is 0 Å². The summed E-state index contributed by atoms with van der Waals surface area (Å²) in [6.45, 7) is 4.36. The molecule has 3 heterocycles. The van der Waals surface area contributed by atoms with Gasteiger partial charge in [0.1, 0.15) is 12.2 Å². The molecule has 0 aromatic carbocycles. The monoisotopic (exact) mass is 345 g/mol. The van der Waals surface area contributed by atoms with E-state index in [0.717, 1.165) is 10.2 Å². The quantitative estimate of drug-likeness (QED) is 0.844. The molecule has 3 rings (SSSR count). The van der Waals surface area contributed by atoms with Crippen molar-refractivity contribution >= 4 is 0 Å². The fourth-order valence-electron chi connectivity index (χ4n) is 3.07. The minimum Gasteiger partial charge on any atom is -0.378 e. The summed E-state index contributed by atoms with van der Waals surface area (Å²) in [5.41, 5.74) is 2.52. The van der Waals surface area contributed by atoms with Gasteiger partial charge in [0, 0.05) is 24.3 Å². The first-order chi connectivity index (χ1) is 11.3. The van der Waals surface area contributed by atoms with Crippen LogP contribution in [0.15, 0.2) is 10.8 Å². The molecule has 1 aliphatic heterocycles. The molecule has 0 N–H and O–H groups in total. The van der Waals surface area contributed by atoms with Gasteiger partial charge in [0.2, 0.25) is 0 Å². The SMILES string of the molecule is Cc1nn(CC(F)(F)F)c(C)c1C1COCCN1Cc1cnon1. The highest BCUT2D eigenvalue weighted by atomic mass is 19.4. The smallest absolute Gasteiger partial charge is 0.378 e. The van der Waals surface area contributed by atoms with Crippen LogP contribution in [-0.2, 0) is 17.8 Å². The second kappa shape index (κ2) is 6.52. The fraction of sp³-hybridized carbons (Fsp3) is 0.643. The maximum absolute atomic E-state index is 12.7. The molecule has 7 nitrogen and oxygen atoms in total. The molecule has 0 radical (unpaired) electrons. The molecule has 0 aliphatic carbocycles. The zero-order valence-corrected chi connectivity index (χ0v) is 13.4. The van der Waals surface area contributed by atoms with Crippen molar-refractivity contribution in [2.24, 2.45) is 0 Å². The van der Waals surface area contributed by atoms with E-state index in [9.17, 15) is 13.2 Å². The molecule has 1 unspecified atom stereocenters. The fourth-order valence-corrected chi connectivity index (χ4v) is 3.07. The van der Waals surface area contributed by atoms with Crippen LogP contribution in [0.3, 0.4) is 0 Å². The molecule has 1 saturated heterocycles.